The van der Waals surface area contributed by atoms with Crippen LogP contribution in [0.1, 0.15) is 26.3 Å². The van der Waals surface area contributed by atoms with Crippen molar-refractivity contribution in [3.63, 3.8) is 0 Å². The van der Waals surface area contributed by atoms with Crippen LogP contribution in [-0.4, -0.2) is 18.6 Å². The van der Waals surface area contributed by atoms with Crippen molar-refractivity contribution in [3.8, 4) is 5.75 Å². The number of ether oxygens (including phenoxy) is 1. The van der Waals surface area contributed by atoms with Crippen molar-refractivity contribution in [2.45, 2.75) is 33.0 Å². The third kappa shape index (κ3) is 4.63. The van der Waals surface area contributed by atoms with Gasteiger partial charge in [0, 0.05) is 6.04 Å². The molecule has 0 saturated carbocycles. The molecule has 4 nitrogen and oxygen atoms in total. The molecule has 0 aliphatic heterocycles. The first kappa shape index (κ1) is 17.3. The number of hydrogen-bond acceptors (Lipinski definition) is 3. The number of alkyl halides is 3. The normalized spacial score (nSPS) is 14.4. The van der Waals surface area contributed by atoms with E-state index in [1.165, 1.54) is 6.07 Å². The molecule has 0 fully saturated rings. The summed E-state index contributed by atoms with van der Waals surface area (Å²) in [4.78, 5) is 11.9. The van der Waals surface area contributed by atoms with Crippen LogP contribution in [-0.2, 0) is 11.0 Å². The molecule has 1 aromatic carbocycles. The van der Waals surface area contributed by atoms with E-state index in [9.17, 15) is 18.0 Å². The highest BCUT2D eigenvalue weighted by Crippen LogP contribution is 2.35. The first-order valence-corrected chi connectivity index (χ1v) is 6.57. The van der Waals surface area contributed by atoms with Gasteiger partial charge in [0.25, 0.3) is 0 Å². The molecule has 0 radical (unpaired) electrons. The Morgan fingerprint density at radius 1 is 1.38 bits per heavy atom. The first-order valence-electron chi connectivity index (χ1n) is 6.57. The second-order valence-corrected chi connectivity index (χ2v) is 4.78. The first-order chi connectivity index (χ1) is 9.66. The van der Waals surface area contributed by atoms with Crippen molar-refractivity contribution in [1.29, 1.82) is 0 Å². The lowest BCUT2D eigenvalue weighted by Crippen LogP contribution is -2.34. The molecule has 2 unspecified atom stereocenters. The predicted octanol–water partition coefficient (Wildman–Crippen LogP) is 3.03. The lowest BCUT2D eigenvalue weighted by atomic mass is 10.0. The van der Waals surface area contributed by atoms with E-state index < -0.39 is 29.6 Å². The zero-order valence-corrected chi connectivity index (χ0v) is 12.1. The summed E-state index contributed by atoms with van der Waals surface area (Å²) in [6.07, 6.45) is -4.49. The van der Waals surface area contributed by atoms with Crippen molar-refractivity contribution in [1.82, 2.24) is 0 Å². The molecule has 0 saturated heterocycles. The Labute approximate surface area is 121 Å². The molecular formula is C14H19F3N2O2. The minimum Gasteiger partial charge on any atom is -0.492 e. The van der Waals surface area contributed by atoms with Gasteiger partial charge < -0.3 is 15.8 Å². The number of carbonyl (C=O) groups is 1. The monoisotopic (exact) mass is 304 g/mol. The van der Waals surface area contributed by atoms with Gasteiger partial charge in [-0.25, -0.2) is 0 Å². The molecule has 1 aromatic rings. The maximum absolute atomic E-state index is 12.7. The van der Waals surface area contributed by atoms with Gasteiger partial charge in [0.05, 0.1) is 23.8 Å². The molecule has 1 amide bonds. The number of hydrogen-bond donors (Lipinski definition) is 2. The smallest absolute Gasteiger partial charge is 0.416 e. The number of rotatable bonds is 5. The highest BCUT2D eigenvalue weighted by Gasteiger charge is 2.31. The summed E-state index contributed by atoms with van der Waals surface area (Å²) in [7, 11) is 0. The SMILES string of the molecule is CCOc1ccc(C(F)(F)F)cc1NC(=O)C(C)C(C)N. The van der Waals surface area contributed by atoms with Gasteiger partial charge >= 0.3 is 6.18 Å². The van der Waals surface area contributed by atoms with E-state index in [1.54, 1.807) is 20.8 Å². The number of carbonyl (C=O) groups excluding carboxylic acids is 1. The molecule has 7 heteroatoms. The highest BCUT2D eigenvalue weighted by molar-refractivity contribution is 5.94. The second kappa shape index (κ2) is 6.80. The number of anilines is 1. The standard InChI is InChI=1S/C14H19F3N2O2/c1-4-21-12-6-5-10(14(15,16)17)7-11(12)19-13(20)8(2)9(3)18/h5-9H,4,18H2,1-3H3,(H,19,20). The zero-order chi connectivity index (χ0) is 16.2. The van der Waals surface area contributed by atoms with Crippen LogP contribution in [0.2, 0.25) is 0 Å². The minimum atomic E-state index is -4.49. The Morgan fingerprint density at radius 2 is 2.00 bits per heavy atom. The van der Waals surface area contributed by atoms with Gasteiger partial charge in [-0.15, -0.1) is 0 Å². The summed E-state index contributed by atoms with van der Waals surface area (Å²) in [5.74, 6) is -0.796. The molecule has 118 valence electrons. The molecule has 0 bridgehead atoms. The van der Waals surface area contributed by atoms with E-state index in [1.807, 2.05) is 0 Å². The molecular weight excluding hydrogens is 285 g/mol. The van der Waals surface area contributed by atoms with E-state index >= 15 is 0 Å². The summed E-state index contributed by atoms with van der Waals surface area (Å²) < 4.78 is 43.4. The number of halogens is 3. The Morgan fingerprint density at radius 3 is 2.48 bits per heavy atom. The molecule has 2 atom stereocenters. The van der Waals surface area contributed by atoms with Crippen LogP contribution in [0.4, 0.5) is 18.9 Å². The lowest BCUT2D eigenvalue weighted by Gasteiger charge is -2.18. The van der Waals surface area contributed by atoms with Gasteiger partial charge in [-0.2, -0.15) is 13.2 Å². The van der Waals surface area contributed by atoms with Crippen LogP contribution in [0.3, 0.4) is 0 Å². The van der Waals surface area contributed by atoms with Crippen LogP contribution < -0.4 is 15.8 Å². The van der Waals surface area contributed by atoms with Crippen molar-refractivity contribution >= 4 is 11.6 Å². The number of nitrogens with one attached hydrogen (secondary N) is 1. The summed E-state index contributed by atoms with van der Waals surface area (Å²) in [5, 5.41) is 2.44. The maximum Gasteiger partial charge on any atom is 0.416 e. The molecule has 0 spiro atoms. The van der Waals surface area contributed by atoms with Crippen LogP contribution in [0.15, 0.2) is 18.2 Å². The topological polar surface area (TPSA) is 64.3 Å². The fraction of sp³-hybridized carbons (Fsp3) is 0.500. The molecule has 0 aromatic heterocycles. The average molecular weight is 304 g/mol. The molecule has 0 aliphatic carbocycles. The third-order valence-electron chi connectivity index (χ3n) is 3.07. The summed E-state index contributed by atoms with van der Waals surface area (Å²) in [6, 6.07) is 2.55. The number of amides is 1. The van der Waals surface area contributed by atoms with E-state index in [0.717, 1.165) is 12.1 Å². The number of nitrogens with two attached hydrogens (primary N) is 1. The quantitative estimate of drug-likeness (QED) is 0.879. The largest absolute Gasteiger partial charge is 0.492 e. The fourth-order valence-corrected chi connectivity index (χ4v) is 1.57. The van der Waals surface area contributed by atoms with Gasteiger partial charge in [-0.3, -0.25) is 4.79 Å². The van der Waals surface area contributed by atoms with Gasteiger partial charge in [0.2, 0.25) is 5.91 Å². The van der Waals surface area contributed by atoms with Gasteiger partial charge in [0.15, 0.2) is 0 Å². The van der Waals surface area contributed by atoms with Crippen molar-refractivity contribution in [2.75, 3.05) is 11.9 Å². The molecule has 21 heavy (non-hydrogen) atoms. The Kier molecular flexibility index (Phi) is 5.60. The van der Waals surface area contributed by atoms with Gasteiger partial charge in [-0.05, 0) is 32.0 Å². The van der Waals surface area contributed by atoms with Crippen molar-refractivity contribution in [3.05, 3.63) is 23.8 Å². The Balaban J connectivity index is 3.09. The van der Waals surface area contributed by atoms with Crippen LogP contribution >= 0.6 is 0 Å². The second-order valence-electron chi connectivity index (χ2n) is 4.78. The van der Waals surface area contributed by atoms with Crippen LogP contribution in [0.5, 0.6) is 5.75 Å². The van der Waals surface area contributed by atoms with Crippen LogP contribution in [0, 0.1) is 5.92 Å². The lowest BCUT2D eigenvalue weighted by molar-refractivity contribution is -0.137. The van der Waals surface area contributed by atoms with Crippen LogP contribution in [0.25, 0.3) is 0 Å². The Bertz CT molecular complexity index is 501. The predicted molar refractivity (Wildman–Crippen MR) is 74.1 cm³/mol. The van der Waals surface area contributed by atoms with E-state index in [0.29, 0.717) is 0 Å². The van der Waals surface area contributed by atoms with E-state index in [4.69, 9.17) is 10.5 Å². The summed E-state index contributed by atoms with van der Waals surface area (Å²) in [6.45, 7) is 5.23. The summed E-state index contributed by atoms with van der Waals surface area (Å²) in [5.41, 5.74) is 4.75. The molecule has 1 rings (SSSR count). The van der Waals surface area contributed by atoms with Gasteiger partial charge in [0.1, 0.15) is 5.75 Å². The molecule has 3 N–H and O–H groups in total. The third-order valence-corrected chi connectivity index (χ3v) is 3.07. The van der Waals surface area contributed by atoms with Crippen molar-refractivity contribution in [2.24, 2.45) is 11.7 Å². The zero-order valence-electron chi connectivity index (χ0n) is 12.1. The number of benzene rings is 1. The van der Waals surface area contributed by atoms with E-state index in [2.05, 4.69) is 5.32 Å². The maximum atomic E-state index is 12.7. The van der Waals surface area contributed by atoms with Gasteiger partial charge in [-0.1, -0.05) is 6.92 Å². The van der Waals surface area contributed by atoms with E-state index in [-0.39, 0.29) is 18.0 Å². The molecule has 0 aliphatic rings. The fourth-order valence-electron chi connectivity index (χ4n) is 1.57. The average Bonchev–Trinajstić information content (AvgIpc) is 2.38. The highest BCUT2D eigenvalue weighted by atomic mass is 19.4. The Hall–Kier alpha value is -1.76. The minimum absolute atomic E-state index is 0.0100. The van der Waals surface area contributed by atoms with Crippen molar-refractivity contribution < 1.29 is 22.7 Å². The summed E-state index contributed by atoms with van der Waals surface area (Å²) >= 11 is 0. The molecule has 0 heterocycles.